The summed E-state index contributed by atoms with van der Waals surface area (Å²) in [5.41, 5.74) is 7.92. The summed E-state index contributed by atoms with van der Waals surface area (Å²) in [7, 11) is 1.26. The number of hydroxylamine groups is 1. The molecule has 31 heavy (non-hydrogen) atoms. The minimum Gasteiger partial charge on any atom is -0.468 e. The van der Waals surface area contributed by atoms with Crippen LogP contribution in [0.1, 0.15) is 25.8 Å². The highest BCUT2D eigenvalue weighted by atomic mass is 32.2. The first-order chi connectivity index (χ1) is 14.7. The predicted molar refractivity (Wildman–Crippen MR) is 117 cm³/mol. The zero-order valence-electron chi connectivity index (χ0n) is 18.0. The lowest BCUT2D eigenvalue weighted by Crippen LogP contribution is -2.51. The number of amides is 3. The molecular weight excluding hydrogens is 422 g/mol. The third kappa shape index (κ3) is 9.39. The van der Waals surface area contributed by atoms with Gasteiger partial charge >= 0.3 is 5.97 Å². The zero-order valence-corrected chi connectivity index (χ0v) is 18.8. The molecule has 0 unspecified atom stereocenters. The van der Waals surface area contributed by atoms with Gasteiger partial charge in [-0.3, -0.25) is 24.4 Å². The molecule has 9 nitrogen and oxygen atoms in total. The van der Waals surface area contributed by atoms with E-state index < -0.39 is 41.6 Å². The standard InChI is InChI=1S/C21H31N3O6S/c1-13(2)9-15(16(21(28)24-29)11-31-12-18(25)30-3)20(27)23-17(19(22)26)10-14-7-5-4-6-8-14/h4-8,13,15-17,29H,9-12H2,1-3H3,(H2,22,26)(H,23,27)(H,24,28)/t15-,16+,17+/m1/s1. The molecule has 0 spiro atoms. The Morgan fingerprint density at radius 2 is 1.74 bits per heavy atom. The van der Waals surface area contributed by atoms with Gasteiger partial charge < -0.3 is 15.8 Å². The van der Waals surface area contributed by atoms with Crippen molar-refractivity contribution in [2.24, 2.45) is 23.5 Å². The molecule has 3 amide bonds. The number of methoxy groups -OCH3 is 1. The van der Waals surface area contributed by atoms with Crippen molar-refractivity contribution in [2.75, 3.05) is 18.6 Å². The molecule has 0 aliphatic rings. The van der Waals surface area contributed by atoms with Gasteiger partial charge in [-0.2, -0.15) is 0 Å². The molecule has 0 aliphatic heterocycles. The maximum atomic E-state index is 13.1. The summed E-state index contributed by atoms with van der Waals surface area (Å²) in [6, 6.07) is 8.15. The van der Waals surface area contributed by atoms with E-state index >= 15 is 0 Å². The van der Waals surface area contributed by atoms with Gasteiger partial charge in [-0.05, 0) is 17.9 Å². The van der Waals surface area contributed by atoms with Crippen LogP contribution in [-0.2, 0) is 30.3 Å². The van der Waals surface area contributed by atoms with Gasteiger partial charge in [0.25, 0.3) is 0 Å². The van der Waals surface area contributed by atoms with Gasteiger partial charge in [0.1, 0.15) is 6.04 Å². The Kier molecular flexibility index (Phi) is 11.7. The number of nitrogens with one attached hydrogen (secondary N) is 2. The molecule has 0 aromatic heterocycles. The molecule has 1 aromatic rings. The van der Waals surface area contributed by atoms with Gasteiger partial charge in [-0.25, -0.2) is 5.48 Å². The zero-order chi connectivity index (χ0) is 23.4. The summed E-state index contributed by atoms with van der Waals surface area (Å²) in [5, 5.41) is 11.8. The van der Waals surface area contributed by atoms with Crippen molar-refractivity contribution in [1.29, 1.82) is 0 Å². The van der Waals surface area contributed by atoms with Crippen LogP contribution in [0.25, 0.3) is 0 Å². The SMILES string of the molecule is COC(=O)CSC[C@H](C(=O)NO)[C@@H](CC(C)C)C(=O)N[C@@H](Cc1ccccc1)C(N)=O. The van der Waals surface area contributed by atoms with Crippen LogP contribution in [0.3, 0.4) is 0 Å². The van der Waals surface area contributed by atoms with Gasteiger partial charge in [0, 0.05) is 12.2 Å². The second-order valence-corrected chi connectivity index (χ2v) is 8.59. The number of hydrogen-bond donors (Lipinski definition) is 4. The fraction of sp³-hybridized carbons (Fsp3) is 0.524. The predicted octanol–water partition coefficient (Wildman–Crippen LogP) is 0.889. The summed E-state index contributed by atoms with van der Waals surface area (Å²) >= 11 is 1.12. The highest BCUT2D eigenvalue weighted by Crippen LogP contribution is 2.25. The number of esters is 1. The summed E-state index contributed by atoms with van der Waals surface area (Å²) in [6.07, 6.45) is 0.545. The third-order valence-corrected chi connectivity index (χ3v) is 5.72. The van der Waals surface area contributed by atoms with Gasteiger partial charge in [0.2, 0.25) is 17.7 Å². The van der Waals surface area contributed by atoms with E-state index in [0.29, 0.717) is 6.42 Å². The number of primary amides is 1. The third-order valence-electron chi connectivity index (χ3n) is 4.68. The first kappa shape index (κ1) is 26.4. The van der Waals surface area contributed by atoms with Crippen LogP contribution in [0.2, 0.25) is 0 Å². The van der Waals surface area contributed by atoms with Crippen LogP contribution in [0, 0.1) is 17.8 Å². The quantitative estimate of drug-likeness (QED) is 0.197. The Morgan fingerprint density at radius 3 is 2.26 bits per heavy atom. The topological polar surface area (TPSA) is 148 Å². The second-order valence-electron chi connectivity index (χ2n) is 7.56. The molecule has 5 N–H and O–H groups in total. The Balaban J connectivity index is 3.02. The summed E-state index contributed by atoms with van der Waals surface area (Å²) in [4.78, 5) is 48.8. The van der Waals surface area contributed by atoms with E-state index in [0.717, 1.165) is 17.3 Å². The lowest BCUT2D eigenvalue weighted by molar-refractivity contribution is -0.140. The minimum atomic E-state index is -0.954. The van der Waals surface area contributed by atoms with E-state index in [1.807, 2.05) is 44.2 Å². The van der Waals surface area contributed by atoms with Crippen molar-refractivity contribution in [3.8, 4) is 0 Å². The number of ether oxygens (including phenoxy) is 1. The first-order valence-corrected chi connectivity index (χ1v) is 11.1. The van der Waals surface area contributed by atoms with E-state index in [2.05, 4.69) is 10.1 Å². The Labute approximate surface area is 186 Å². The summed E-state index contributed by atoms with van der Waals surface area (Å²) in [6.45, 7) is 3.79. The van der Waals surface area contributed by atoms with E-state index in [-0.39, 0.29) is 23.8 Å². The monoisotopic (exact) mass is 453 g/mol. The van der Waals surface area contributed by atoms with E-state index in [1.165, 1.54) is 7.11 Å². The maximum Gasteiger partial charge on any atom is 0.315 e. The van der Waals surface area contributed by atoms with Gasteiger partial charge in [0.15, 0.2) is 0 Å². The van der Waals surface area contributed by atoms with Crippen molar-refractivity contribution < 1.29 is 29.1 Å². The molecule has 0 heterocycles. The van der Waals surface area contributed by atoms with Crippen molar-refractivity contribution in [2.45, 2.75) is 32.7 Å². The molecule has 0 bridgehead atoms. The Bertz CT molecular complexity index is 744. The lowest BCUT2D eigenvalue weighted by Gasteiger charge is -2.27. The lowest BCUT2D eigenvalue weighted by atomic mass is 9.84. The van der Waals surface area contributed by atoms with Crippen molar-refractivity contribution >= 4 is 35.5 Å². The average Bonchev–Trinajstić information content (AvgIpc) is 2.74. The second kappa shape index (κ2) is 13.7. The van der Waals surface area contributed by atoms with Crippen LogP contribution >= 0.6 is 11.8 Å². The molecule has 172 valence electrons. The number of rotatable bonds is 13. The Hall–Kier alpha value is -2.59. The summed E-state index contributed by atoms with van der Waals surface area (Å²) < 4.78 is 4.59. The molecule has 0 aliphatic carbocycles. The molecule has 0 radical (unpaired) electrons. The fourth-order valence-corrected chi connectivity index (χ4v) is 4.14. The number of benzene rings is 1. The maximum absolute atomic E-state index is 13.1. The smallest absolute Gasteiger partial charge is 0.315 e. The van der Waals surface area contributed by atoms with E-state index in [9.17, 15) is 24.4 Å². The number of thioether (sulfide) groups is 1. The molecule has 1 rings (SSSR count). The van der Waals surface area contributed by atoms with Crippen molar-refractivity contribution in [3.05, 3.63) is 35.9 Å². The van der Waals surface area contributed by atoms with Crippen LogP contribution in [0.4, 0.5) is 0 Å². The number of hydrogen-bond acceptors (Lipinski definition) is 7. The highest BCUT2D eigenvalue weighted by molar-refractivity contribution is 7.99. The van der Waals surface area contributed by atoms with Crippen LogP contribution < -0.4 is 16.5 Å². The molecule has 1 aromatic carbocycles. The molecule has 3 atom stereocenters. The number of carbonyl (C=O) groups is 4. The molecule has 0 fully saturated rings. The van der Waals surface area contributed by atoms with Gasteiger partial charge in [0.05, 0.1) is 24.7 Å². The molecule has 10 heteroatoms. The Morgan fingerprint density at radius 1 is 1.10 bits per heavy atom. The average molecular weight is 454 g/mol. The first-order valence-electron chi connectivity index (χ1n) is 9.91. The number of nitrogens with two attached hydrogens (primary N) is 1. The molecule has 0 saturated heterocycles. The highest BCUT2D eigenvalue weighted by Gasteiger charge is 2.35. The van der Waals surface area contributed by atoms with Gasteiger partial charge in [-0.15, -0.1) is 11.8 Å². The van der Waals surface area contributed by atoms with Crippen LogP contribution in [0.5, 0.6) is 0 Å². The number of carbonyl (C=O) groups excluding carboxylic acids is 4. The molecule has 0 saturated carbocycles. The van der Waals surface area contributed by atoms with Crippen molar-refractivity contribution in [3.63, 3.8) is 0 Å². The van der Waals surface area contributed by atoms with E-state index in [1.54, 1.807) is 5.48 Å². The minimum absolute atomic E-state index is 0.000353. The summed E-state index contributed by atoms with van der Waals surface area (Å²) in [5.74, 6) is -4.01. The van der Waals surface area contributed by atoms with E-state index in [4.69, 9.17) is 5.73 Å². The molecular formula is C21H31N3O6S. The van der Waals surface area contributed by atoms with Gasteiger partial charge in [-0.1, -0.05) is 44.2 Å². The van der Waals surface area contributed by atoms with Crippen LogP contribution in [0.15, 0.2) is 30.3 Å². The normalized spacial score (nSPS) is 13.7. The largest absolute Gasteiger partial charge is 0.468 e. The van der Waals surface area contributed by atoms with Crippen LogP contribution in [-0.4, -0.2) is 53.6 Å². The fourth-order valence-electron chi connectivity index (χ4n) is 3.10. The van der Waals surface area contributed by atoms with Crippen molar-refractivity contribution in [1.82, 2.24) is 10.8 Å².